The molecule has 2 aromatic rings. The molecule has 27 heavy (non-hydrogen) atoms. The van der Waals surface area contributed by atoms with E-state index in [1.807, 2.05) is 55.5 Å². The zero-order valence-electron chi connectivity index (χ0n) is 15.1. The fourth-order valence-electron chi connectivity index (χ4n) is 2.97. The minimum absolute atomic E-state index is 0.539. The van der Waals surface area contributed by atoms with Crippen LogP contribution in [0.4, 0.5) is 5.69 Å². The zero-order valence-corrected chi connectivity index (χ0v) is 15.1. The largest absolute Gasteiger partial charge is 0.467 e. The Morgan fingerprint density at radius 2 is 1.74 bits per heavy atom. The number of carbonyl (C=O) groups excluding carboxylic acids is 3. The van der Waals surface area contributed by atoms with Gasteiger partial charge in [0, 0.05) is 5.69 Å². The molecule has 1 saturated heterocycles. The highest BCUT2D eigenvalue weighted by Gasteiger charge is 2.44. The van der Waals surface area contributed by atoms with Crippen LogP contribution < -0.4 is 10.2 Å². The van der Waals surface area contributed by atoms with Crippen LogP contribution in [-0.4, -0.2) is 37.0 Å². The van der Waals surface area contributed by atoms with Crippen LogP contribution in [0.2, 0.25) is 0 Å². The number of hydrogen-bond acceptors (Lipinski definition) is 4. The molecular formula is C21H20N2O4. The number of piperazine rings is 1. The lowest BCUT2D eigenvalue weighted by Gasteiger charge is -2.38. The molecule has 0 unspecified atom stereocenters. The van der Waals surface area contributed by atoms with Gasteiger partial charge in [-0.05, 0) is 24.6 Å². The summed E-state index contributed by atoms with van der Waals surface area (Å²) in [6, 6.07) is 15.0. The van der Waals surface area contributed by atoms with Crippen molar-refractivity contribution >= 4 is 29.5 Å². The summed E-state index contributed by atoms with van der Waals surface area (Å²) >= 11 is 0. The zero-order chi connectivity index (χ0) is 19.4. The van der Waals surface area contributed by atoms with Crippen molar-refractivity contribution in [3.63, 3.8) is 0 Å². The number of amides is 2. The molecule has 2 amide bonds. The average molecular weight is 364 g/mol. The SMILES string of the molecule is COC(=O)[C@H]1NC(=O)C(=O)N(c2ccc(C)cc2)[C@@H]1/C=C/c1ccccc1. The molecule has 3 rings (SSSR count). The smallest absolute Gasteiger partial charge is 0.330 e. The Morgan fingerprint density at radius 3 is 2.37 bits per heavy atom. The van der Waals surface area contributed by atoms with Gasteiger partial charge in [-0.2, -0.15) is 0 Å². The van der Waals surface area contributed by atoms with Crippen molar-refractivity contribution in [1.82, 2.24) is 5.32 Å². The Hall–Kier alpha value is -3.41. The molecule has 1 heterocycles. The lowest BCUT2D eigenvalue weighted by atomic mass is 9.99. The molecule has 1 fully saturated rings. The van der Waals surface area contributed by atoms with Crippen molar-refractivity contribution in [3.8, 4) is 0 Å². The van der Waals surface area contributed by atoms with E-state index in [9.17, 15) is 14.4 Å². The Morgan fingerprint density at radius 1 is 1.07 bits per heavy atom. The van der Waals surface area contributed by atoms with E-state index in [4.69, 9.17) is 4.74 Å². The summed E-state index contributed by atoms with van der Waals surface area (Å²) in [6.45, 7) is 1.93. The first kappa shape index (κ1) is 18.4. The molecule has 0 spiro atoms. The van der Waals surface area contributed by atoms with Gasteiger partial charge in [-0.25, -0.2) is 4.79 Å². The van der Waals surface area contributed by atoms with Crippen molar-refractivity contribution in [1.29, 1.82) is 0 Å². The third-order valence-electron chi connectivity index (χ3n) is 4.39. The number of esters is 1. The quantitative estimate of drug-likeness (QED) is 0.666. The van der Waals surface area contributed by atoms with Crippen LogP contribution in [0.25, 0.3) is 6.08 Å². The summed E-state index contributed by atoms with van der Waals surface area (Å²) in [5, 5.41) is 2.46. The normalized spacial score (nSPS) is 19.9. The summed E-state index contributed by atoms with van der Waals surface area (Å²) in [5.41, 5.74) is 2.47. The van der Waals surface area contributed by atoms with Crippen LogP contribution in [0, 0.1) is 6.92 Å². The second kappa shape index (κ2) is 7.86. The molecule has 0 bridgehead atoms. The van der Waals surface area contributed by atoms with Gasteiger partial charge < -0.3 is 10.1 Å². The van der Waals surface area contributed by atoms with Crippen LogP contribution in [-0.2, 0) is 19.1 Å². The first-order chi connectivity index (χ1) is 13.0. The predicted octanol–water partition coefficient (Wildman–Crippen LogP) is 2.08. The molecule has 2 atom stereocenters. The molecule has 0 aliphatic carbocycles. The van der Waals surface area contributed by atoms with Gasteiger partial charge in [0.1, 0.15) is 0 Å². The molecule has 138 valence electrons. The Bertz CT molecular complexity index is 875. The van der Waals surface area contributed by atoms with E-state index in [1.165, 1.54) is 12.0 Å². The summed E-state index contributed by atoms with van der Waals surface area (Å²) in [4.78, 5) is 38.4. The number of benzene rings is 2. The van der Waals surface area contributed by atoms with E-state index in [1.54, 1.807) is 18.2 Å². The second-order valence-corrected chi connectivity index (χ2v) is 6.25. The molecule has 0 aromatic heterocycles. The van der Waals surface area contributed by atoms with Gasteiger partial charge in [-0.3, -0.25) is 14.5 Å². The Labute approximate surface area is 157 Å². The first-order valence-corrected chi connectivity index (χ1v) is 8.53. The van der Waals surface area contributed by atoms with E-state index >= 15 is 0 Å². The van der Waals surface area contributed by atoms with Gasteiger partial charge >= 0.3 is 17.8 Å². The van der Waals surface area contributed by atoms with Crippen molar-refractivity contribution in [3.05, 3.63) is 71.8 Å². The highest BCUT2D eigenvalue weighted by atomic mass is 16.5. The number of ether oxygens (including phenoxy) is 1. The van der Waals surface area contributed by atoms with Crippen LogP contribution in [0.3, 0.4) is 0 Å². The fourth-order valence-corrected chi connectivity index (χ4v) is 2.97. The molecule has 2 aromatic carbocycles. The average Bonchev–Trinajstić information content (AvgIpc) is 2.69. The van der Waals surface area contributed by atoms with Crippen molar-refractivity contribution in [2.75, 3.05) is 12.0 Å². The van der Waals surface area contributed by atoms with Gasteiger partial charge in [0.15, 0.2) is 6.04 Å². The summed E-state index contributed by atoms with van der Waals surface area (Å²) in [7, 11) is 1.25. The summed E-state index contributed by atoms with van der Waals surface area (Å²) < 4.78 is 4.83. The van der Waals surface area contributed by atoms with Crippen LogP contribution >= 0.6 is 0 Å². The van der Waals surface area contributed by atoms with E-state index in [0.717, 1.165) is 11.1 Å². The van der Waals surface area contributed by atoms with Crippen molar-refractivity contribution < 1.29 is 19.1 Å². The van der Waals surface area contributed by atoms with Crippen LogP contribution in [0.15, 0.2) is 60.7 Å². The third kappa shape index (κ3) is 3.89. The van der Waals surface area contributed by atoms with Crippen molar-refractivity contribution in [2.45, 2.75) is 19.0 Å². The molecule has 6 nitrogen and oxygen atoms in total. The molecular weight excluding hydrogens is 344 g/mol. The minimum Gasteiger partial charge on any atom is -0.467 e. The maximum absolute atomic E-state index is 12.6. The fraction of sp³-hybridized carbons (Fsp3) is 0.190. The maximum atomic E-state index is 12.6. The third-order valence-corrected chi connectivity index (χ3v) is 4.39. The Kier molecular flexibility index (Phi) is 5.35. The van der Waals surface area contributed by atoms with E-state index in [-0.39, 0.29) is 0 Å². The minimum atomic E-state index is -0.999. The van der Waals surface area contributed by atoms with Gasteiger partial charge in [0.25, 0.3) is 0 Å². The van der Waals surface area contributed by atoms with E-state index < -0.39 is 29.9 Å². The maximum Gasteiger partial charge on any atom is 0.330 e. The molecule has 1 aliphatic heterocycles. The molecule has 0 radical (unpaired) electrons. The molecule has 6 heteroatoms. The predicted molar refractivity (Wildman–Crippen MR) is 102 cm³/mol. The van der Waals surface area contributed by atoms with Gasteiger partial charge in [0.05, 0.1) is 13.2 Å². The second-order valence-electron chi connectivity index (χ2n) is 6.25. The number of nitrogens with zero attached hydrogens (tertiary/aromatic N) is 1. The topological polar surface area (TPSA) is 75.7 Å². The molecule has 1 aliphatic rings. The first-order valence-electron chi connectivity index (χ1n) is 8.53. The van der Waals surface area contributed by atoms with Gasteiger partial charge in [-0.1, -0.05) is 60.2 Å². The molecule has 1 N–H and O–H groups in total. The van der Waals surface area contributed by atoms with Crippen molar-refractivity contribution in [2.24, 2.45) is 0 Å². The van der Waals surface area contributed by atoms with E-state index in [0.29, 0.717) is 5.69 Å². The monoisotopic (exact) mass is 364 g/mol. The lowest BCUT2D eigenvalue weighted by molar-refractivity contribution is -0.149. The summed E-state index contributed by atoms with van der Waals surface area (Å²) in [5.74, 6) is -2.17. The van der Waals surface area contributed by atoms with E-state index in [2.05, 4.69) is 5.32 Å². The van der Waals surface area contributed by atoms with Gasteiger partial charge in [-0.15, -0.1) is 0 Å². The van der Waals surface area contributed by atoms with Crippen LogP contribution in [0.5, 0.6) is 0 Å². The van der Waals surface area contributed by atoms with Crippen LogP contribution in [0.1, 0.15) is 11.1 Å². The number of nitrogens with one attached hydrogen (secondary N) is 1. The highest BCUT2D eigenvalue weighted by molar-refractivity contribution is 6.42. The molecule has 0 saturated carbocycles. The number of carbonyl (C=O) groups is 3. The summed E-state index contributed by atoms with van der Waals surface area (Å²) in [6.07, 6.45) is 3.54. The number of methoxy groups -OCH3 is 1. The highest BCUT2D eigenvalue weighted by Crippen LogP contribution is 2.24. The lowest BCUT2D eigenvalue weighted by Crippen LogP contribution is -2.65. The van der Waals surface area contributed by atoms with Gasteiger partial charge in [0.2, 0.25) is 0 Å². The number of aryl methyl sites for hydroxylation is 1. The number of rotatable bonds is 4. The number of anilines is 1. The standard InChI is InChI=1S/C21H20N2O4/c1-14-8-11-16(12-9-14)23-17(13-10-15-6-4-3-5-7-15)18(21(26)27-2)22-19(24)20(23)25/h3-13,17-18H,1-2H3,(H,22,24)/b13-10+/t17-,18+/m1/s1. The number of hydrogen-bond donors (Lipinski definition) is 1. The Balaban J connectivity index is 2.04.